The van der Waals surface area contributed by atoms with Gasteiger partial charge < -0.3 is 46.9 Å². The number of amides is 6. The third kappa shape index (κ3) is 11.3. The molecule has 3 aliphatic rings. The van der Waals surface area contributed by atoms with Crippen LogP contribution in [0.3, 0.4) is 0 Å². The largest absolute Gasteiger partial charge is 0.508 e. The second-order valence-electron chi connectivity index (χ2n) is 18.7. The minimum Gasteiger partial charge on any atom is -0.508 e. The minimum atomic E-state index is -1.23. The summed E-state index contributed by atoms with van der Waals surface area (Å²) in [5.41, 5.74) is 14.3. The monoisotopic (exact) mass is 1160 g/mol. The number of fused-ring (bicyclic) bond motifs is 15. The molecule has 27 heteroatoms. The lowest BCUT2D eigenvalue weighted by Crippen LogP contribution is -2.53. The van der Waals surface area contributed by atoms with Gasteiger partial charge in [0.2, 0.25) is 23.6 Å². The van der Waals surface area contributed by atoms with Gasteiger partial charge in [0.15, 0.2) is 5.69 Å². The number of aliphatic hydroxyl groups excluding tert-OH is 1. The van der Waals surface area contributed by atoms with E-state index < -0.39 is 71.9 Å². The molecule has 6 aromatic heterocycles. The summed E-state index contributed by atoms with van der Waals surface area (Å²) in [4.78, 5) is 117. The van der Waals surface area contributed by atoms with Crippen molar-refractivity contribution in [1.29, 1.82) is 0 Å². The molecule has 0 saturated carbocycles. The quantitative estimate of drug-likeness (QED) is 0.0982. The fourth-order valence-electron chi connectivity index (χ4n) is 9.36. The van der Waals surface area contributed by atoms with Gasteiger partial charge in [-0.1, -0.05) is 49.4 Å². The molecule has 3 aliphatic heterocycles. The molecule has 7 atom stereocenters. The number of carbonyl (C=O) groups is 6. The van der Waals surface area contributed by atoms with Crippen LogP contribution in [0.25, 0.3) is 44.2 Å². The summed E-state index contributed by atoms with van der Waals surface area (Å²) in [6.45, 7) is 1.91. The zero-order chi connectivity index (χ0) is 55.1. The van der Waals surface area contributed by atoms with E-state index in [4.69, 9.17) is 35.8 Å². The summed E-state index contributed by atoms with van der Waals surface area (Å²) in [7, 11) is 0. The van der Waals surface area contributed by atoms with Crippen molar-refractivity contribution >= 4 is 97.6 Å². The van der Waals surface area contributed by atoms with E-state index in [0.717, 1.165) is 34.5 Å². The number of thiazole rings is 4. The first-order chi connectivity index (χ1) is 38.1. The van der Waals surface area contributed by atoms with E-state index in [9.17, 15) is 34.2 Å². The van der Waals surface area contributed by atoms with E-state index in [1.165, 1.54) is 62.2 Å². The van der Waals surface area contributed by atoms with Gasteiger partial charge in [-0.3, -0.25) is 33.8 Å². The normalized spacial score (nSPS) is 21.6. The smallest absolute Gasteiger partial charge is 0.273 e. The van der Waals surface area contributed by atoms with E-state index in [2.05, 4.69) is 30.9 Å². The first kappa shape index (κ1) is 52.9. The van der Waals surface area contributed by atoms with Crippen molar-refractivity contribution in [2.75, 3.05) is 5.75 Å². The Morgan fingerprint density at radius 1 is 0.709 bits per heavy atom. The lowest BCUT2D eigenvalue weighted by Gasteiger charge is -2.32. The molecular formula is C52H45N13O9S5. The molecule has 11 rings (SSSR count). The molecule has 0 aliphatic carbocycles. The third-order valence-corrected chi connectivity index (χ3v) is 18.0. The Morgan fingerprint density at radius 2 is 1.39 bits per heavy atom. The van der Waals surface area contributed by atoms with E-state index in [0.29, 0.717) is 48.3 Å². The number of aromatic nitrogens is 6. The first-order valence-corrected chi connectivity index (χ1v) is 29.0. The number of nitrogens with one attached hydrogen (secondary N) is 3. The number of benzene rings is 2. The standard InChI is InChI=1S/C52H45N13O9S5/c1-23-13-39(68)65-41(23)51-64-37(22-79-51)50-60-33(18-75-50)40-27(11-12-28(55-40)47-61-34(19-76-47)42(54)69)46-59-32(17-74-46)43(70)57-30(16-38(53)67)49-63-35(20-78-49)44(71)56-29(14-24-5-3-2-4-6-24)48-62-36(21-77-48)45(72)58-31(52(65)73)15-25-7-9-26(66)10-8-25/h2-12,17-20,22-23,29-31,36,39,41,66,68H,13-16,21H2,1H3,(H2,53,67)(H2,54,69)(H,56,71)(H,57,70)(H,58,72). The lowest BCUT2D eigenvalue weighted by molar-refractivity contribution is -0.145. The van der Waals surface area contributed by atoms with Gasteiger partial charge in [0, 0.05) is 33.7 Å². The van der Waals surface area contributed by atoms with Crippen LogP contribution in [0.5, 0.6) is 5.75 Å². The predicted molar refractivity (Wildman–Crippen MR) is 296 cm³/mol. The molecule has 0 spiro atoms. The predicted octanol–water partition coefficient (Wildman–Crippen LogP) is 5.54. The highest BCUT2D eigenvalue weighted by atomic mass is 32.2. The maximum absolute atomic E-state index is 15.1. The van der Waals surface area contributed by atoms with Gasteiger partial charge in [-0.05, 0) is 54.2 Å². The van der Waals surface area contributed by atoms with E-state index in [1.54, 1.807) is 35.0 Å². The summed E-state index contributed by atoms with van der Waals surface area (Å²) in [6, 6.07) is 14.2. The van der Waals surface area contributed by atoms with Gasteiger partial charge in [0.05, 0.1) is 40.8 Å². The Morgan fingerprint density at radius 3 is 2.16 bits per heavy atom. The summed E-state index contributed by atoms with van der Waals surface area (Å²) >= 11 is 6.01. The number of aliphatic hydroxyl groups is 1. The molecule has 6 amide bonds. The molecule has 79 heavy (non-hydrogen) atoms. The Bertz CT molecular complexity index is 3690. The maximum atomic E-state index is 15.1. The topological polar surface area (TPSA) is 337 Å². The number of nitrogens with two attached hydrogens (primary N) is 2. The molecule has 9 heterocycles. The Kier molecular flexibility index (Phi) is 15.0. The van der Waals surface area contributed by atoms with E-state index >= 15 is 4.79 Å². The molecule has 402 valence electrons. The highest BCUT2D eigenvalue weighted by Crippen LogP contribution is 2.44. The van der Waals surface area contributed by atoms with Crippen molar-refractivity contribution in [3.8, 4) is 50.0 Å². The van der Waals surface area contributed by atoms with Crippen LogP contribution < -0.4 is 27.4 Å². The van der Waals surface area contributed by atoms with Crippen molar-refractivity contribution < 1.29 is 43.4 Å². The molecular weight excluding hydrogens is 1110 g/mol. The van der Waals surface area contributed by atoms with Gasteiger partial charge >= 0.3 is 0 Å². The van der Waals surface area contributed by atoms with Crippen molar-refractivity contribution in [1.82, 2.24) is 50.8 Å². The number of oxazole rings is 1. The fourth-order valence-corrected chi connectivity index (χ4v) is 14.0. The van der Waals surface area contributed by atoms with E-state index in [-0.39, 0.29) is 76.8 Å². The Labute approximate surface area is 468 Å². The average molecular weight is 1160 g/mol. The van der Waals surface area contributed by atoms with Gasteiger partial charge in [-0.25, -0.2) is 29.9 Å². The van der Waals surface area contributed by atoms with Crippen LogP contribution in [0.15, 0.2) is 104 Å². The van der Waals surface area contributed by atoms with E-state index in [1.807, 2.05) is 37.3 Å². The highest BCUT2D eigenvalue weighted by molar-refractivity contribution is 8.14. The fraction of sp³-hybridized carbons (Fsp3) is 0.250. The van der Waals surface area contributed by atoms with Crippen molar-refractivity contribution in [2.24, 2.45) is 22.4 Å². The Balaban J connectivity index is 0.999. The van der Waals surface area contributed by atoms with Crippen molar-refractivity contribution in [3.05, 3.63) is 133 Å². The van der Waals surface area contributed by atoms with Crippen LogP contribution in [0, 0.1) is 5.92 Å². The van der Waals surface area contributed by atoms with Crippen LogP contribution in [-0.4, -0.2) is 116 Å². The summed E-state index contributed by atoms with van der Waals surface area (Å²) in [5.74, 6) is -4.02. The number of pyridine rings is 1. The lowest BCUT2D eigenvalue weighted by atomic mass is 10.0. The second kappa shape index (κ2) is 22.3. The molecule has 9 N–H and O–H groups in total. The highest BCUT2D eigenvalue weighted by Gasteiger charge is 2.46. The Hall–Kier alpha value is -8.08. The number of aromatic hydroxyl groups is 1. The number of thioether (sulfide) groups is 1. The van der Waals surface area contributed by atoms with Crippen LogP contribution in [0.4, 0.5) is 0 Å². The van der Waals surface area contributed by atoms with Crippen molar-refractivity contribution in [3.63, 3.8) is 0 Å². The molecule has 1 fully saturated rings. The number of rotatable bonds is 8. The number of nitrogens with zero attached hydrogens (tertiary/aromatic N) is 8. The van der Waals surface area contributed by atoms with Gasteiger partial charge in [-0.2, -0.15) is 0 Å². The second-order valence-corrected chi connectivity index (χ2v) is 23.3. The number of phenols is 1. The number of carbonyl (C=O) groups excluding carboxylic acids is 6. The summed E-state index contributed by atoms with van der Waals surface area (Å²) in [6.07, 6.45) is 0.0354. The first-order valence-electron chi connectivity index (χ1n) is 24.4. The third-order valence-electron chi connectivity index (χ3n) is 13.2. The van der Waals surface area contributed by atoms with Crippen LogP contribution >= 0.6 is 57.1 Å². The van der Waals surface area contributed by atoms with Gasteiger partial charge in [-0.15, -0.1) is 57.1 Å². The maximum Gasteiger partial charge on any atom is 0.273 e. The number of phenolic OH excluding ortho intramolecular Hbond substituents is 1. The van der Waals surface area contributed by atoms with Crippen LogP contribution in [0.2, 0.25) is 0 Å². The zero-order valence-electron chi connectivity index (χ0n) is 41.3. The van der Waals surface area contributed by atoms with Crippen LogP contribution in [0.1, 0.15) is 84.5 Å². The molecule has 8 aromatic rings. The van der Waals surface area contributed by atoms with Gasteiger partial charge in [0.25, 0.3) is 17.7 Å². The van der Waals surface area contributed by atoms with Crippen molar-refractivity contribution in [2.45, 2.75) is 69.0 Å². The van der Waals surface area contributed by atoms with Gasteiger partial charge in [0.1, 0.15) is 78.8 Å². The number of hydrogen-bond donors (Lipinski definition) is 7. The number of aliphatic imine (C=N–C) groups is 1. The minimum absolute atomic E-state index is 0.00380. The molecule has 1 saturated heterocycles. The molecule has 10 bridgehead atoms. The number of hydrogen-bond acceptors (Lipinski definition) is 21. The average Bonchev–Trinajstić information content (AvgIpc) is 4.46. The zero-order valence-corrected chi connectivity index (χ0v) is 45.4. The molecule has 22 nitrogen and oxygen atoms in total. The van der Waals surface area contributed by atoms with Crippen LogP contribution in [-0.2, 0) is 27.2 Å². The molecule has 0 radical (unpaired) electrons. The number of primary amides is 2. The summed E-state index contributed by atoms with van der Waals surface area (Å²) in [5, 5.41) is 39.2. The molecule has 2 aromatic carbocycles. The summed E-state index contributed by atoms with van der Waals surface area (Å²) < 4.78 is 5.94. The SMILES string of the molecule is CC1CC(O)N2C(=O)C(Cc3ccc(O)cc3)NC(=O)C3CSC(=N3)C(Cc3ccccc3)NC(=O)c3csc(n3)C(CC(N)=O)NC(=O)c3coc(n3)-c3ccc(-c4nc(C(N)=O)cs4)nc3-c3csc(n3)-c3csc(n3)C12. The molecule has 7 unspecified atom stereocenters.